The molecule has 0 unspecified atom stereocenters. The molecule has 0 aromatic heterocycles. The number of hydrogen-bond acceptors (Lipinski definition) is 1. The van der Waals surface area contributed by atoms with Crippen molar-refractivity contribution in [2.24, 2.45) is 10.7 Å². The summed E-state index contributed by atoms with van der Waals surface area (Å²) >= 11 is 0. The molecule has 0 fully saturated rings. The van der Waals surface area contributed by atoms with Gasteiger partial charge in [-0.1, -0.05) is 48.5 Å². The van der Waals surface area contributed by atoms with Gasteiger partial charge in [0.15, 0.2) is 5.84 Å². The number of benzene rings is 1. The summed E-state index contributed by atoms with van der Waals surface area (Å²) in [6.07, 6.45) is 0. The van der Waals surface area contributed by atoms with Gasteiger partial charge in [0.25, 0.3) is 0 Å². The molecule has 3 heteroatoms. The molecule has 2 aromatic rings. The number of aliphatic imine (C=N–C) groups is 1. The van der Waals surface area contributed by atoms with E-state index < -0.39 is 0 Å². The average Bonchev–Trinajstić information content (AvgIpc) is 2.40. The minimum Gasteiger partial charge on any atom is -0.383 e. The number of nitrogens with two attached hydrogens (primary N) is 1. The van der Waals surface area contributed by atoms with Gasteiger partial charge in [0.2, 0.25) is 0 Å². The number of nitrogens with zero attached hydrogens (tertiary/aromatic N) is 1. The standard InChI is InChI=1S/C14H11N3/c15-13(11-7-3-1-4-8-11)17-14(16)12-9-5-2-6-10-12/h1-5,7-9H,(H3,15,16,17). The highest BCUT2D eigenvalue weighted by atomic mass is 14.9. The number of rotatable bonds is 2. The summed E-state index contributed by atoms with van der Waals surface area (Å²) in [5.41, 5.74) is 7.17. The van der Waals surface area contributed by atoms with E-state index in [1.165, 1.54) is 0 Å². The van der Waals surface area contributed by atoms with Crippen molar-refractivity contribution in [2.75, 3.05) is 0 Å². The minimum atomic E-state index is 0.139. The van der Waals surface area contributed by atoms with E-state index in [9.17, 15) is 0 Å². The van der Waals surface area contributed by atoms with E-state index in [2.05, 4.69) is 17.1 Å². The van der Waals surface area contributed by atoms with Gasteiger partial charge in [-0.05, 0) is 12.1 Å². The summed E-state index contributed by atoms with van der Waals surface area (Å²) in [7, 11) is 0. The van der Waals surface area contributed by atoms with E-state index in [1.807, 2.05) is 30.3 Å². The van der Waals surface area contributed by atoms with Crippen molar-refractivity contribution in [3.05, 3.63) is 71.8 Å². The van der Waals surface area contributed by atoms with E-state index in [0.29, 0.717) is 5.56 Å². The SMILES string of the molecule is N=C(/N=C(\N)c1c#cccc1)c1ccccc1. The Bertz CT molecular complexity index is 530. The van der Waals surface area contributed by atoms with Crippen molar-refractivity contribution in [1.82, 2.24) is 0 Å². The van der Waals surface area contributed by atoms with Crippen molar-refractivity contribution in [2.45, 2.75) is 0 Å². The first kappa shape index (κ1) is 10.9. The summed E-state index contributed by atoms with van der Waals surface area (Å²) < 4.78 is 0. The molecule has 17 heavy (non-hydrogen) atoms. The van der Waals surface area contributed by atoms with Gasteiger partial charge in [0, 0.05) is 5.56 Å². The van der Waals surface area contributed by atoms with Gasteiger partial charge < -0.3 is 5.73 Å². The predicted molar refractivity (Wildman–Crippen MR) is 68.1 cm³/mol. The van der Waals surface area contributed by atoms with Crippen LogP contribution in [-0.2, 0) is 0 Å². The van der Waals surface area contributed by atoms with Gasteiger partial charge in [-0.3, -0.25) is 5.41 Å². The third-order valence-electron chi connectivity index (χ3n) is 2.20. The van der Waals surface area contributed by atoms with E-state index in [1.54, 1.807) is 18.2 Å². The van der Waals surface area contributed by atoms with Crippen LogP contribution in [0.25, 0.3) is 0 Å². The van der Waals surface area contributed by atoms with Crippen molar-refractivity contribution in [3.63, 3.8) is 0 Å². The highest BCUT2D eigenvalue weighted by molar-refractivity contribution is 6.09. The molecule has 0 saturated heterocycles. The van der Waals surface area contributed by atoms with Gasteiger partial charge in [0.05, 0.1) is 5.56 Å². The number of nitrogens with one attached hydrogen (secondary N) is 1. The predicted octanol–water partition coefficient (Wildman–Crippen LogP) is 2.02. The normalized spacial score (nSPS) is 10.7. The van der Waals surface area contributed by atoms with Gasteiger partial charge in [-0.25, -0.2) is 4.99 Å². The van der Waals surface area contributed by atoms with Gasteiger partial charge in [-0.15, -0.1) is 0 Å². The second-order valence-electron chi connectivity index (χ2n) is 3.42. The molecule has 0 aliphatic rings. The highest BCUT2D eigenvalue weighted by Crippen LogP contribution is 2.02. The quantitative estimate of drug-likeness (QED) is 0.591. The minimum absolute atomic E-state index is 0.139. The highest BCUT2D eigenvalue weighted by Gasteiger charge is 2.01. The maximum Gasteiger partial charge on any atom is 0.154 e. The van der Waals surface area contributed by atoms with Crippen LogP contribution in [0.5, 0.6) is 0 Å². The van der Waals surface area contributed by atoms with Crippen LogP contribution in [0.1, 0.15) is 11.1 Å². The molecule has 0 spiro atoms. The molecule has 3 N–H and O–H groups in total. The average molecular weight is 221 g/mol. The fraction of sp³-hybridized carbons (Fsp3) is 0. The van der Waals surface area contributed by atoms with E-state index >= 15 is 0 Å². The topological polar surface area (TPSA) is 62.2 Å². The maximum atomic E-state index is 7.82. The van der Waals surface area contributed by atoms with Crippen LogP contribution in [0.2, 0.25) is 0 Å². The van der Waals surface area contributed by atoms with Crippen LogP contribution in [0.15, 0.2) is 53.5 Å². The van der Waals surface area contributed by atoms with Gasteiger partial charge in [-0.2, -0.15) is 0 Å². The zero-order chi connectivity index (χ0) is 12.1. The van der Waals surface area contributed by atoms with Crippen LogP contribution in [0.3, 0.4) is 0 Å². The molecule has 2 aromatic carbocycles. The molecule has 2 rings (SSSR count). The maximum absolute atomic E-state index is 7.82. The summed E-state index contributed by atoms with van der Waals surface area (Å²) in [5, 5.41) is 7.82. The molecule has 0 radical (unpaired) electrons. The molecule has 0 atom stereocenters. The number of amidine groups is 2. The Morgan fingerprint density at radius 2 is 1.88 bits per heavy atom. The molecule has 0 bridgehead atoms. The Morgan fingerprint density at radius 1 is 1.12 bits per heavy atom. The second kappa shape index (κ2) is 4.95. The lowest BCUT2D eigenvalue weighted by Gasteiger charge is -2.00. The Labute approximate surface area is 100 Å². The zero-order valence-corrected chi connectivity index (χ0v) is 9.14. The molecule has 0 aliphatic heterocycles. The number of hydrogen-bond donors (Lipinski definition) is 2. The van der Waals surface area contributed by atoms with Gasteiger partial charge >= 0.3 is 0 Å². The summed E-state index contributed by atoms with van der Waals surface area (Å²) in [4.78, 5) is 4.04. The van der Waals surface area contributed by atoms with Crippen molar-refractivity contribution in [3.8, 4) is 0 Å². The third-order valence-corrected chi connectivity index (χ3v) is 2.20. The van der Waals surface area contributed by atoms with Crippen molar-refractivity contribution >= 4 is 11.7 Å². The third kappa shape index (κ3) is 2.70. The molecule has 0 saturated carbocycles. The van der Waals surface area contributed by atoms with E-state index in [0.717, 1.165) is 5.56 Å². The van der Waals surface area contributed by atoms with Crippen LogP contribution in [0.4, 0.5) is 0 Å². The summed E-state index contributed by atoms with van der Waals surface area (Å²) in [5.74, 6) is 0.413. The van der Waals surface area contributed by atoms with Crippen molar-refractivity contribution < 1.29 is 0 Å². The largest absolute Gasteiger partial charge is 0.383 e. The molecule has 0 amide bonds. The second-order valence-corrected chi connectivity index (χ2v) is 3.42. The Balaban J connectivity index is 2.24. The van der Waals surface area contributed by atoms with Crippen LogP contribution < -0.4 is 5.73 Å². The lowest BCUT2D eigenvalue weighted by atomic mass is 10.2. The first-order valence-electron chi connectivity index (χ1n) is 5.14. The molecule has 82 valence electrons. The van der Waals surface area contributed by atoms with Crippen molar-refractivity contribution in [1.29, 1.82) is 5.41 Å². The Morgan fingerprint density at radius 3 is 2.53 bits per heavy atom. The first-order chi connectivity index (χ1) is 8.27. The van der Waals surface area contributed by atoms with E-state index in [4.69, 9.17) is 11.1 Å². The first-order valence-corrected chi connectivity index (χ1v) is 5.14. The summed E-state index contributed by atoms with van der Waals surface area (Å²) in [6, 6.07) is 20.2. The molecule has 0 heterocycles. The lowest BCUT2D eigenvalue weighted by Crippen LogP contribution is -2.15. The van der Waals surface area contributed by atoms with Crippen LogP contribution in [-0.4, -0.2) is 11.7 Å². The van der Waals surface area contributed by atoms with Crippen LogP contribution in [0, 0.1) is 17.5 Å². The molecule has 0 aliphatic carbocycles. The lowest BCUT2D eigenvalue weighted by molar-refractivity contribution is 1.40. The monoisotopic (exact) mass is 221 g/mol. The fourth-order valence-electron chi connectivity index (χ4n) is 1.34. The van der Waals surface area contributed by atoms with Gasteiger partial charge in [0.1, 0.15) is 5.84 Å². The van der Waals surface area contributed by atoms with E-state index in [-0.39, 0.29) is 11.7 Å². The molecular weight excluding hydrogens is 210 g/mol. The summed E-state index contributed by atoms with van der Waals surface area (Å²) in [6.45, 7) is 0. The molecule has 3 nitrogen and oxygen atoms in total. The zero-order valence-electron chi connectivity index (χ0n) is 9.14. The Hall–Kier alpha value is -2.60. The smallest absolute Gasteiger partial charge is 0.154 e. The van der Waals surface area contributed by atoms with Crippen LogP contribution >= 0.6 is 0 Å². The fourth-order valence-corrected chi connectivity index (χ4v) is 1.34. The Kier molecular flexibility index (Phi) is 3.18. The molecular formula is C14H11N3.